The standard InChI is InChI=1S/C8H13NO4/c9-5-3-1-2-4(7(10)11)6(5)8(12)13/h4-6H,1-3,9H2,(H,10,11)(H,12,13). The van der Waals surface area contributed by atoms with Gasteiger partial charge in [0.05, 0.1) is 11.8 Å². The normalized spacial score (nSPS) is 34.1. The second-order valence-corrected chi connectivity index (χ2v) is 3.40. The van der Waals surface area contributed by atoms with Crippen molar-refractivity contribution in [2.75, 3.05) is 0 Å². The van der Waals surface area contributed by atoms with E-state index in [2.05, 4.69) is 0 Å². The molecule has 4 N–H and O–H groups in total. The van der Waals surface area contributed by atoms with Crippen molar-refractivity contribution in [2.24, 2.45) is 17.6 Å². The molecule has 0 aromatic carbocycles. The van der Waals surface area contributed by atoms with Gasteiger partial charge in [0, 0.05) is 6.04 Å². The number of carboxylic acid groups (broad SMARTS) is 2. The third-order valence-corrected chi connectivity index (χ3v) is 2.55. The number of nitrogens with two attached hydrogens (primary N) is 1. The molecule has 74 valence electrons. The van der Waals surface area contributed by atoms with Gasteiger partial charge in [-0.3, -0.25) is 9.59 Å². The first kappa shape index (κ1) is 9.98. The molecule has 3 unspecified atom stereocenters. The molecule has 0 saturated heterocycles. The molecule has 0 bridgehead atoms. The lowest BCUT2D eigenvalue weighted by molar-refractivity contribution is -0.156. The summed E-state index contributed by atoms with van der Waals surface area (Å²) in [5.74, 6) is -3.89. The molecule has 1 fully saturated rings. The monoisotopic (exact) mass is 187 g/mol. The van der Waals surface area contributed by atoms with Crippen molar-refractivity contribution in [1.29, 1.82) is 0 Å². The van der Waals surface area contributed by atoms with Crippen LogP contribution in [0.1, 0.15) is 19.3 Å². The molecule has 0 aliphatic heterocycles. The van der Waals surface area contributed by atoms with E-state index in [1.807, 2.05) is 0 Å². The SMILES string of the molecule is NC1CCCC(C(=O)O)C1C(=O)O. The molecule has 0 radical (unpaired) electrons. The van der Waals surface area contributed by atoms with Crippen LogP contribution in [0.3, 0.4) is 0 Å². The zero-order chi connectivity index (χ0) is 10.0. The first-order chi connectivity index (χ1) is 6.04. The first-order valence-corrected chi connectivity index (χ1v) is 4.25. The van der Waals surface area contributed by atoms with E-state index >= 15 is 0 Å². The smallest absolute Gasteiger partial charge is 0.308 e. The first-order valence-electron chi connectivity index (χ1n) is 4.25. The number of hydrogen-bond acceptors (Lipinski definition) is 3. The maximum absolute atomic E-state index is 10.7. The summed E-state index contributed by atoms with van der Waals surface area (Å²) >= 11 is 0. The fourth-order valence-corrected chi connectivity index (χ4v) is 1.86. The maximum Gasteiger partial charge on any atom is 0.308 e. The highest BCUT2D eigenvalue weighted by molar-refractivity contribution is 5.80. The van der Waals surface area contributed by atoms with Crippen molar-refractivity contribution < 1.29 is 19.8 Å². The third-order valence-electron chi connectivity index (χ3n) is 2.55. The molecule has 1 aliphatic carbocycles. The van der Waals surface area contributed by atoms with E-state index in [0.29, 0.717) is 19.3 Å². The molecule has 13 heavy (non-hydrogen) atoms. The number of hydrogen-bond donors (Lipinski definition) is 3. The molecular formula is C8H13NO4. The van der Waals surface area contributed by atoms with Crippen LogP contribution in [0, 0.1) is 11.8 Å². The lowest BCUT2D eigenvalue weighted by Gasteiger charge is -2.30. The van der Waals surface area contributed by atoms with Crippen molar-refractivity contribution >= 4 is 11.9 Å². The molecule has 1 aliphatic rings. The number of rotatable bonds is 2. The van der Waals surface area contributed by atoms with Gasteiger partial charge in [-0.05, 0) is 12.8 Å². The zero-order valence-corrected chi connectivity index (χ0v) is 7.14. The fraction of sp³-hybridized carbons (Fsp3) is 0.750. The summed E-state index contributed by atoms with van der Waals surface area (Å²) in [6.45, 7) is 0. The Kier molecular flexibility index (Phi) is 2.87. The van der Waals surface area contributed by atoms with Crippen molar-refractivity contribution in [3.05, 3.63) is 0 Å². The molecule has 1 saturated carbocycles. The van der Waals surface area contributed by atoms with Gasteiger partial charge < -0.3 is 15.9 Å². The van der Waals surface area contributed by atoms with Crippen molar-refractivity contribution in [2.45, 2.75) is 25.3 Å². The molecule has 0 heterocycles. The van der Waals surface area contributed by atoms with E-state index < -0.39 is 29.8 Å². The highest BCUT2D eigenvalue weighted by Crippen LogP contribution is 2.29. The van der Waals surface area contributed by atoms with Gasteiger partial charge >= 0.3 is 11.9 Å². The van der Waals surface area contributed by atoms with Crippen molar-refractivity contribution in [1.82, 2.24) is 0 Å². The highest BCUT2D eigenvalue weighted by Gasteiger charge is 2.40. The van der Waals surface area contributed by atoms with Crippen LogP contribution in [0.15, 0.2) is 0 Å². The Morgan fingerprint density at radius 1 is 1.15 bits per heavy atom. The van der Waals surface area contributed by atoms with Crippen molar-refractivity contribution in [3.8, 4) is 0 Å². The third kappa shape index (κ3) is 1.98. The topological polar surface area (TPSA) is 101 Å². The Labute approximate surface area is 75.5 Å². The Hall–Kier alpha value is -1.10. The van der Waals surface area contributed by atoms with Crippen LogP contribution in [0.5, 0.6) is 0 Å². The molecule has 5 nitrogen and oxygen atoms in total. The average Bonchev–Trinajstić information content (AvgIpc) is 2.02. The summed E-state index contributed by atoms with van der Waals surface area (Å²) in [7, 11) is 0. The number of carboxylic acids is 2. The van der Waals surface area contributed by atoms with E-state index in [-0.39, 0.29) is 0 Å². The van der Waals surface area contributed by atoms with E-state index in [1.54, 1.807) is 0 Å². The minimum atomic E-state index is -1.10. The van der Waals surface area contributed by atoms with Crippen LogP contribution in [0.4, 0.5) is 0 Å². The minimum Gasteiger partial charge on any atom is -0.481 e. The summed E-state index contributed by atoms with van der Waals surface area (Å²) in [4.78, 5) is 21.4. The molecule has 0 aromatic rings. The summed E-state index contributed by atoms with van der Waals surface area (Å²) < 4.78 is 0. The Bertz CT molecular complexity index is 228. The quantitative estimate of drug-likeness (QED) is 0.560. The van der Waals surface area contributed by atoms with Crippen LogP contribution in [0.25, 0.3) is 0 Å². The van der Waals surface area contributed by atoms with E-state index in [0.717, 1.165) is 0 Å². The van der Waals surface area contributed by atoms with Gasteiger partial charge in [-0.1, -0.05) is 6.42 Å². The van der Waals surface area contributed by atoms with Crippen LogP contribution in [-0.2, 0) is 9.59 Å². The Balaban J connectivity index is 2.80. The Morgan fingerprint density at radius 3 is 2.15 bits per heavy atom. The summed E-state index contributed by atoms with van der Waals surface area (Å²) in [6.07, 6.45) is 1.71. The van der Waals surface area contributed by atoms with Gasteiger partial charge in [-0.2, -0.15) is 0 Å². The minimum absolute atomic E-state index is 0.417. The van der Waals surface area contributed by atoms with Crippen LogP contribution in [0.2, 0.25) is 0 Å². The molecule has 5 heteroatoms. The van der Waals surface area contributed by atoms with Gasteiger partial charge in [-0.25, -0.2) is 0 Å². The largest absolute Gasteiger partial charge is 0.481 e. The van der Waals surface area contributed by atoms with Gasteiger partial charge in [0.15, 0.2) is 0 Å². The summed E-state index contributed by atoms with van der Waals surface area (Å²) in [5.41, 5.74) is 5.56. The lowest BCUT2D eigenvalue weighted by atomic mass is 9.76. The molecule has 0 amide bonds. The molecule has 1 rings (SSSR count). The average molecular weight is 187 g/mol. The number of carbonyl (C=O) groups is 2. The Morgan fingerprint density at radius 2 is 1.77 bits per heavy atom. The highest BCUT2D eigenvalue weighted by atomic mass is 16.4. The lowest BCUT2D eigenvalue weighted by Crippen LogP contribution is -2.46. The maximum atomic E-state index is 10.7. The van der Waals surface area contributed by atoms with Gasteiger partial charge in [-0.15, -0.1) is 0 Å². The zero-order valence-electron chi connectivity index (χ0n) is 7.14. The van der Waals surface area contributed by atoms with Crippen LogP contribution in [-0.4, -0.2) is 28.2 Å². The predicted octanol–water partition coefficient (Wildman–Crippen LogP) is -0.101. The van der Waals surface area contributed by atoms with Crippen LogP contribution >= 0.6 is 0 Å². The second kappa shape index (κ2) is 3.74. The summed E-state index contributed by atoms with van der Waals surface area (Å²) in [5, 5.41) is 17.5. The van der Waals surface area contributed by atoms with Gasteiger partial charge in [0.25, 0.3) is 0 Å². The number of aliphatic carboxylic acids is 2. The summed E-state index contributed by atoms with van der Waals surface area (Å²) in [6, 6.07) is -0.521. The van der Waals surface area contributed by atoms with Gasteiger partial charge in [0.2, 0.25) is 0 Å². The van der Waals surface area contributed by atoms with Crippen molar-refractivity contribution in [3.63, 3.8) is 0 Å². The predicted molar refractivity (Wildman–Crippen MR) is 44.1 cm³/mol. The molecule has 3 atom stereocenters. The van der Waals surface area contributed by atoms with E-state index in [4.69, 9.17) is 15.9 Å². The van der Waals surface area contributed by atoms with E-state index in [9.17, 15) is 9.59 Å². The van der Waals surface area contributed by atoms with E-state index in [1.165, 1.54) is 0 Å². The molecule has 0 spiro atoms. The molecule has 0 aromatic heterocycles. The second-order valence-electron chi connectivity index (χ2n) is 3.40. The van der Waals surface area contributed by atoms with Gasteiger partial charge in [0.1, 0.15) is 0 Å². The van der Waals surface area contributed by atoms with Crippen LogP contribution < -0.4 is 5.73 Å². The molecular weight excluding hydrogens is 174 g/mol. The fourth-order valence-electron chi connectivity index (χ4n) is 1.86.